The number of phenolic OH excluding ortho intramolecular Hbond substituents is 1. The average molecular weight is 663 g/mol. The summed E-state index contributed by atoms with van der Waals surface area (Å²) >= 11 is 0. The molecule has 1 saturated heterocycles. The fourth-order valence-electron chi connectivity index (χ4n) is 12.2. The van der Waals surface area contributed by atoms with Gasteiger partial charge in [-0.3, -0.25) is 10.2 Å². The van der Waals surface area contributed by atoms with E-state index in [1.807, 2.05) is 6.07 Å². The molecule has 1 spiro atoms. The number of para-hydroxylation sites is 3. The Kier molecular flexibility index (Phi) is 7.52. The van der Waals surface area contributed by atoms with Gasteiger partial charge in [-0.2, -0.15) is 0 Å². The number of fused-ring (bicyclic) bond motifs is 2. The van der Waals surface area contributed by atoms with Crippen molar-refractivity contribution in [3.8, 4) is 11.5 Å². The number of methoxy groups -OCH3 is 2. The molecule has 4 N–H and O–H groups in total. The van der Waals surface area contributed by atoms with E-state index in [4.69, 9.17) is 18.9 Å². The smallest absolute Gasteiger partial charge is 0.411 e. The van der Waals surface area contributed by atoms with Gasteiger partial charge in [0, 0.05) is 54.7 Å². The lowest BCUT2D eigenvalue weighted by atomic mass is 9.43. The van der Waals surface area contributed by atoms with Crippen molar-refractivity contribution in [3.63, 3.8) is 0 Å². The molecule has 48 heavy (non-hydrogen) atoms. The van der Waals surface area contributed by atoms with Gasteiger partial charge in [0.15, 0.2) is 11.5 Å². The molecule has 7 bridgehead atoms. The van der Waals surface area contributed by atoms with Crippen molar-refractivity contribution in [1.82, 2.24) is 4.90 Å². The number of rotatable bonds is 8. The second kappa shape index (κ2) is 11.3. The molecule has 0 aromatic heterocycles. The van der Waals surface area contributed by atoms with Crippen LogP contribution >= 0.6 is 0 Å². The van der Waals surface area contributed by atoms with Gasteiger partial charge in [0.05, 0.1) is 43.3 Å². The number of ether oxygens (including phenoxy) is 4. The van der Waals surface area contributed by atoms with Crippen molar-refractivity contribution in [2.45, 2.75) is 69.0 Å². The van der Waals surface area contributed by atoms with Gasteiger partial charge in [-0.1, -0.05) is 31.2 Å². The maximum absolute atomic E-state index is 13.7. The Morgan fingerprint density at radius 1 is 1.04 bits per heavy atom. The van der Waals surface area contributed by atoms with Gasteiger partial charge in [0.2, 0.25) is 0 Å². The number of nitrogens with zero attached hydrogens (tertiary/aromatic N) is 1. The molecule has 12 atom stereocenters. The number of carbonyl (C=O) groups excluding carboxylic acids is 2. The first-order valence-electron chi connectivity index (χ1n) is 17.4. The Hall–Kier alpha value is -3.38. The zero-order valence-electron chi connectivity index (χ0n) is 27.7. The zero-order valence-corrected chi connectivity index (χ0v) is 27.7. The quantitative estimate of drug-likeness (QED) is 0.305. The Morgan fingerprint density at radius 3 is 2.56 bits per heavy atom. The van der Waals surface area contributed by atoms with Gasteiger partial charge in [0.1, 0.15) is 5.60 Å². The Labute approximate surface area is 280 Å². The first-order chi connectivity index (χ1) is 23.1. The van der Waals surface area contributed by atoms with E-state index in [0.29, 0.717) is 43.7 Å². The minimum absolute atomic E-state index is 0.00901. The van der Waals surface area contributed by atoms with Crippen molar-refractivity contribution in [2.24, 2.45) is 40.4 Å². The first-order valence-corrected chi connectivity index (χ1v) is 17.4. The van der Waals surface area contributed by atoms with E-state index in [2.05, 4.69) is 17.1 Å². The fraction of sp³-hybridized carbons (Fsp3) is 0.622. The molecule has 258 valence electrons. The van der Waals surface area contributed by atoms with Crippen LogP contribution in [0.1, 0.15) is 49.4 Å². The maximum Gasteiger partial charge on any atom is 0.411 e. The van der Waals surface area contributed by atoms with Crippen LogP contribution in [-0.4, -0.2) is 96.2 Å². The van der Waals surface area contributed by atoms with Crippen LogP contribution in [0.25, 0.3) is 0 Å². The molecule has 11 heteroatoms. The fourth-order valence-corrected chi connectivity index (χ4v) is 12.2. The van der Waals surface area contributed by atoms with Crippen LogP contribution < -0.4 is 10.1 Å². The van der Waals surface area contributed by atoms with Gasteiger partial charge in [-0.15, -0.1) is 0 Å². The van der Waals surface area contributed by atoms with Gasteiger partial charge in [-0.25, -0.2) is 9.59 Å². The Balaban J connectivity index is 1.20. The lowest BCUT2D eigenvalue weighted by Gasteiger charge is -2.69. The molecule has 6 aliphatic rings. The summed E-state index contributed by atoms with van der Waals surface area (Å²) in [4.78, 5) is 28.2. The van der Waals surface area contributed by atoms with Crippen molar-refractivity contribution in [2.75, 3.05) is 39.2 Å². The molecular formula is C37H46N2O9. The van der Waals surface area contributed by atoms with Gasteiger partial charge < -0.3 is 34.3 Å². The normalized spacial score (nSPS) is 41.8. The predicted octanol–water partition coefficient (Wildman–Crippen LogP) is 4.06. The van der Waals surface area contributed by atoms with E-state index in [0.717, 1.165) is 13.0 Å². The number of nitrogens with one attached hydrogen (secondary N) is 1. The Bertz CT molecular complexity index is 1600. The molecule has 1 amide bonds. The molecule has 8 rings (SSSR count). The highest BCUT2D eigenvalue weighted by Gasteiger charge is 2.84. The number of hydrogen-bond donors (Lipinski definition) is 4. The van der Waals surface area contributed by atoms with E-state index in [-0.39, 0.29) is 59.7 Å². The van der Waals surface area contributed by atoms with Gasteiger partial charge in [-0.05, 0) is 68.3 Å². The lowest BCUT2D eigenvalue weighted by Crippen LogP contribution is -2.77. The molecule has 11 nitrogen and oxygen atoms in total. The van der Waals surface area contributed by atoms with Crippen LogP contribution in [0.5, 0.6) is 11.5 Å². The number of aliphatic hydroxyl groups is 2. The van der Waals surface area contributed by atoms with Crippen LogP contribution in [0.4, 0.5) is 10.5 Å². The SMILES string of the molecule is CCN1C[C@]2(COC(=O)c3ccccc3NC(=O)OC)CC[C@H](O)[C@]34C1[C@@H](C[C@H]23)[C@@]1(Oc2ccccc2O)C[C@H](OC)[C@H]2C[C@@H]4[C@@H]1[C@H]2O. The van der Waals surface area contributed by atoms with Crippen LogP contribution in [0, 0.1) is 40.4 Å². The van der Waals surface area contributed by atoms with E-state index in [1.54, 1.807) is 49.6 Å². The summed E-state index contributed by atoms with van der Waals surface area (Å²) < 4.78 is 24.2. The summed E-state index contributed by atoms with van der Waals surface area (Å²) in [5, 5.41) is 38.0. The first kappa shape index (κ1) is 31.9. The molecule has 1 aliphatic heterocycles. The summed E-state index contributed by atoms with van der Waals surface area (Å²) in [6.07, 6.45) is 1.17. The average Bonchev–Trinajstić information content (AvgIpc) is 3.51. The lowest BCUT2D eigenvalue weighted by molar-refractivity contribution is -0.266. The largest absolute Gasteiger partial charge is 0.504 e. The minimum atomic E-state index is -0.831. The van der Waals surface area contributed by atoms with E-state index >= 15 is 0 Å². The third kappa shape index (κ3) is 4.13. The molecule has 5 saturated carbocycles. The third-order valence-corrected chi connectivity index (χ3v) is 13.7. The molecule has 2 aromatic rings. The second-order valence-electron chi connectivity index (χ2n) is 15.1. The second-order valence-corrected chi connectivity index (χ2v) is 15.1. The summed E-state index contributed by atoms with van der Waals surface area (Å²) in [5.74, 6) is -0.503. The molecule has 2 aromatic carbocycles. The number of amides is 1. The van der Waals surface area contributed by atoms with Gasteiger partial charge in [0.25, 0.3) is 0 Å². The molecule has 6 fully saturated rings. The number of benzene rings is 2. The van der Waals surface area contributed by atoms with E-state index in [9.17, 15) is 24.9 Å². The molecule has 1 unspecified atom stereocenters. The van der Waals surface area contributed by atoms with Crippen molar-refractivity contribution >= 4 is 17.7 Å². The molecular weight excluding hydrogens is 616 g/mol. The van der Waals surface area contributed by atoms with E-state index in [1.165, 1.54) is 7.11 Å². The number of aliphatic hydroxyl groups excluding tert-OH is 2. The predicted molar refractivity (Wildman–Crippen MR) is 173 cm³/mol. The summed E-state index contributed by atoms with van der Waals surface area (Å²) in [6, 6.07) is 13.8. The number of aromatic hydroxyl groups is 1. The third-order valence-electron chi connectivity index (χ3n) is 13.7. The van der Waals surface area contributed by atoms with E-state index < -0.39 is 40.7 Å². The molecule has 0 radical (unpaired) electrons. The standard InChI is InChI=1S/C37H46N2O9/c1-4-39-18-35(19-47-33(43)20-9-5-6-10-24(20)38-34(44)46-3)14-13-29(41)37-22-15-21-27(45-2)17-36(30(22)31(21)42,23(32(37)39)16-28(35)37)48-26-12-8-7-11-25(26)40/h5-12,21-23,27-32,40-42H,4,13-19H2,1-3H3,(H,38,44)/t21-,22-,23-,27+,28-,29+,30-,31+,32?,35+,36+,37-/m1/s1. The number of anilines is 1. The summed E-state index contributed by atoms with van der Waals surface area (Å²) in [7, 11) is 2.97. The minimum Gasteiger partial charge on any atom is -0.504 e. The highest BCUT2D eigenvalue weighted by atomic mass is 16.5. The number of piperidine rings is 1. The van der Waals surface area contributed by atoms with Crippen molar-refractivity contribution in [3.05, 3.63) is 54.1 Å². The van der Waals surface area contributed by atoms with Crippen molar-refractivity contribution < 1.29 is 43.9 Å². The Morgan fingerprint density at radius 2 is 1.81 bits per heavy atom. The number of esters is 1. The summed E-state index contributed by atoms with van der Waals surface area (Å²) in [5.41, 5.74) is -1.23. The monoisotopic (exact) mass is 662 g/mol. The number of hydrogen-bond acceptors (Lipinski definition) is 10. The van der Waals surface area contributed by atoms with Crippen molar-refractivity contribution in [1.29, 1.82) is 0 Å². The van der Waals surface area contributed by atoms with Crippen LogP contribution in [-0.2, 0) is 14.2 Å². The summed E-state index contributed by atoms with van der Waals surface area (Å²) in [6.45, 7) is 3.77. The topological polar surface area (TPSA) is 147 Å². The molecule has 1 heterocycles. The van der Waals surface area contributed by atoms with Crippen LogP contribution in [0.15, 0.2) is 48.5 Å². The number of likely N-dealkylation sites (tertiary alicyclic amines) is 1. The highest BCUT2D eigenvalue weighted by molar-refractivity contribution is 5.99. The zero-order chi connectivity index (χ0) is 33.6. The van der Waals surface area contributed by atoms with Crippen LogP contribution in [0.2, 0.25) is 0 Å². The maximum atomic E-state index is 13.7. The highest BCUT2D eigenvalue weighted by Crippen LogP contribution is 2.79. The van der Waals surface area contributed by atoms with Crippen LogP contribution in [0.3, 0.4) is 0 Å². The number of carbonyl (C=O) groups is 2. The van der Waals surface area contributed by atoms with Gasteiger partial charge >= 0.3 is 12.1 Å². The molecule has 5 aliphatic carbocycles. The number of phenols is 1.